The van der Waals surface area contributed by atoms with E-state index in [0.29, 0.717) is 4.34 Å². The van der Waals surface area contributed by atoms with E-state index < -0.39 is 11.6 Å². The van der Waals surface area contributed by atoms with Crippen LogP contribution in [0.3, 0.4) is 0 Å². The molecule has 0 unspecified atom stereocenters. The average molecular weight is 271 g/mol. The summed E-state index contributed by atoms with van der Waals surface area (Å²) in [5, 5.41) is 8.85. The summed E-state index contributed by atoms with van der Waals surface area (Å²) >= 11 is 2.21. The van der Waals surface area contributed by atoms with Crippen LogP contribution in [0.5, 0.6) is 0 Å². The lowest BCUT2D eigenvalue weighted by molar-refractivity contribution is 0.540. The molecule has 0 aliphatic carbocycles. The van der Waals surface area contributed by atoms with E-state index >= 15 is 0 Å². The second-order valence-electron chi connectivity index (χ2n) is 3.08. The van der Waals surface area contributed by atoms with Gasteiger partial charge in [0.1, 0.15) is 17.5 Å². The summed E-state index contributed by atoms with van der Waals surface area (Å²) in [7, 11) is 0. The van der Waals surface area contributed by atoms with Crippen molar-refractivity contribution in [1.29, 1.82) is 5.41 Å². The lowest BCUT2D eigenvalue weighted by Crippen LogP contribution is -2.12. The van der Waals surface area contributed by atoms with E-state index in [0.717, 1.165) is 23.9 Å². The van der Waals surface area contributed by atoms with E-state index in [1.54, 1.807) is 11.6 Å². The Morgan fingerprint density at radius 3 is 2.47 bits per heavy atom. The molecule has 0 saturated carbocycles. The monoisotopic (exact) mass is 271 g/mol. The Hall–Kier alpha value is -1.47. The molecule has 0 aliphatic heterocycles. The molecular formula is C10H7F2N3S2. The first kappa shape index (κ1) is 12.0. The van der Waals surface area contributed by atoms with Gasteiger partial charge in [0.15, 0.2) is 4.34 Å². The molecule has 0 amide bonds. The number of halogens is 2. The van der Waals surface area contributed by atoms with Gasteiger partial charge in [0.25, 0.3) is 0 Å². The fraction of sp³-hybridized carbons (Fsp3) is 0. The number of benzene rings is 1. The lowest BCUT2D eigenvalue weighted by atomic mass is 10.2. The van der Waals surface area contributed by atoms with Gasteiger partial charge in [-0.15, -0.1) is 11.3 Å². The van der Waals surface area contributed by atoms with E-state index in [4.69, 9.17) is 11.1 Å². The number of hydrogen-bond acceptors (Lipinski definition) is 4. The molecule has 0 aliphatic rings. The van der Waals surface area contributed by atoms with Crippen molar-refractivity contribution in [3.8, 4) is 0 Å². The highest BCUT2D eigenvalue weighted by molar-refractivity contribution is 8.01. The normalized spacial score (nSPS) is 10.5. The van der Waals surface area contributed by atoms with Crippen LogP contribution in [0, 0.1) is 17.0 Å². The summed E-state index contributed by atoms with van der Waals surface area (Å²) < 4.78 is 27.8. The van der Waals surface area contributed by atoms with Gasteiger partial charge in [-0.1, -0.05) is 11.8 Å². The second kappa shape index (κ2) is 4.80. The summed E-state index contributed by atoms with van der Waals surface area (Å²) in [6.07, 6.45) is 1.56. The van der Waals surface area contributed by atoms with Crippen molar-refractivity contribution in [3.63, 3.8) is 0 Å². The smallest absolute Gasteiger partial charge is 0.154 e. The molecule has 3 nitrogen and oxygen atoms in total. The minimum Gasteiger partial charge on any atom is -0.384 e. The van der Waals surface area contributed by atoms with Crippen molar-refractivity contribution in [1.82, 2.24) is 4.98 Å². The number of nitrogen functional groups attached to an aromatic ring is 1. The van der Waals surface area contributed by atoms with Crippen LogP contribution >= 0.6 is 23.1 Å². The van der Waals surface area contributed by atoms with Gasteiger partial charge < -0.3 is 5.73 Å². The van der Waals surface area contributed by atoms with Crippen LogP contribution in [0.2, 0.25) is 0 Å². The molecule has 0 saturated heterocycles. The molecule has 2 aromatic rings. The number of thiazole rings is 1. The second-order valence-corrected chi connectivity index (χ2v) is 5.23. The highest BCUT2D eigenvalue weighted by Crippen LogP contribution is 2.33. The maximum absolute atomic E-state index is 13.6. The van der Waals surface area contributed by atoms with E-state index in [1.165, 1.54) is 11.3 Å². The van der Waals surface area contributed by atoms with Crippen molar-refractivity contribution < 1.29 is 8.78 Å². The first-order valence-corrected chi connectivity index (χ1v) is 6.18. The summed E-state index contributed by atoms with van der Waals surface area (Å²) in [4.78, 5) is 3.80. The van der Waals surface area contributed by atoms with E-state index in [1.807, 2.05) is 0 Å². The largest absolute Gasteiger partial charge is 0.384 e. The van der Waals surface area contributed by atoms with E-state index in [9.17, 15) is 8.78 Å². The minimum atomic E-state index is -0.740. The van der Waals surface area contributed by atoms with Crippen molar-refractivity contribution in [3.05, 3.63) is 40.9 Å². The van der Waals surface area contributed by atoms with Crippen molar-refractivity contribution in [2.45, 2.75) is 9.24 Å². The summed E-state index contributed by atoms with van der Waals surface area (Å²) in [6, 6.07) is 2.09. The third-order valence-corrected chi connectivity index (χ3v) is 3.89. The Morgan fingerprint density at radius 2 is 2.00 bits per heavy atom. The number of nitrogens with two attached hydrogens (primary N) is 1. The Kier molecular flexibility index (Phi) is 3.39. The quantitative estimate of drug-likeness (QED) is 0.666. The Morgan fingerprint density at radius 1 is 1.35 bits per heavy atom. The van der Waals surface area contributed by atoms with Gasteiger partial charge in [-0.25, -0.2) is 13.8 Å². The van der Waals surface area contributed by atoms with Gasteiger partial charge in [0.2, 0.25) is 0 Å². The minimum absolute atomic E-state index is 0.0310. The van der Waals surface area contributed by atoms with Crippen LogP contribution < -0.4 is 5.73 Å². The average Bonchev–Trinajstić information content (AvgIpc) is 2.75. The number of nitrogens with one attached hydrogen (secondary N) is 1. The zero-order valence-corrected chi connectivity index (χ0v) is 10.0. The molecule has 88 valence electrons. The van der Waals surface area contributed by atoms with Gasteiger partial charge in [-0.3, -0.25) is 5.41 Å². The van der Waals surface area contributed by atoms with Gasteiger partial charge in [0.05, 0.1) is 4.90 Å². The Labute approximate surface area is 104 Å². The number of hydrogen-bond donors (Lipinski definition) is 2. The molecule has 7 heteroatoms. The van der Waals surface area contributed by atoms with Gasteiger partial charge in [0, 0.05) is 17.1 Å². The van der Waals surface area contributed by atoms with Crippen molar-refractivity contribution >= 4 is 28.9 Å². The van der Waals surface area contributed by atoms with Gasteiger partial charge in [-0.2, -0.15) is 0 Å². The topological polar surface area (TPSA) is 62.8 Å². The van der Waals surface area contributed by atoms with E-state index in [2.05, 4.69) is 4.98 Å². The first-order valence-electron chi connectivity index (χ1n) is 4.48. The maximum Gasteiger partial charge on any atom is 0.154 e. The third kappa shape index (κ3) is 2.62. The lowest BCUT2D eigenvalue weighted by Gasteiger charge is -2.05. The molecule has 0 spiro atoms. The van der Waals surface area contributed by atoms with E-state index in [-0.39, 0.29) is 16.3 Å². The number of rotatable bonds is 3. The zero-order valence-electron chi connectivity index (χ0n) is 8.41. The summed E-state index contributed by atoms with van der Waals surface area (Å²) in [6.45, 7) is 0. The van der Waals surface area contributed by atoms with Crippen molar-refractivity contribution in [2.75, 3.05) is 0 Å². The predicted molar refractivity (Wildman–Crippen MR) is 63.6 cm³/mol. The molecule has 1 aromatic carbocycles. The van der Waals surface area contributed by atoms with Crippen molar-refractivity contribution in [2.24, 2.45) is 5.73 Å². The predicted octanol–water partition coefficient (Wildman–Crippen LogP) is 2.86. The van der Waals surface area contributed by atoms with Gasteiger partial charge >= 0.3 is 0 Å². The molecule has 2 rings (SSSR count). The molecule has 0 bridgehead atoms. The maximum atomic E-state index is 13.6. The molecule has 3 N–H and O–H groups in total. The third-order valence-electron chi connectivity index (χ3n) is 1.91. The standard InChI is InChI=1S/C10H7F2N3S2/c11-6-3-5(9(13)14)4-7(12)8(6)17-10-15-1-2-16-10/h1-4H,(H3,13,14). The number of nitrogens with zero attached hydrogens (tertiary/aromatic N) is 1. The van der Waals surface area contributed by atoms with Crippen LogP contribution in [0.25, 0.3) is 0 Å². The van der Waals surface area contributed by atoms with Crippen LogP contribution in [0.4, 0.5) is 8.78 Å². The molecule has 1 heterocycles. The Balaban J connectivity index is 2.38. The van der Waals surface area contributed by atoms with Crippen LogP contribution in [0.15, 0.2) is 32.9 Å². The van der Waals surface area contributed by atoms with Crippen LogP contribution in [0.1, 0.15) is 5.56 Å². The van der Waals surface area contributed by atoms with Crippen LogP contribution in [-0.4, -0.2) is 10.8 Å². The van der Waals surface area contributed by atoms with Gasteiger partial charge in [-0.05, 0) is 12.1 Å². The molecular weight excluding hydrogens is 264 g/mol. The fourth-order valence-electron chi connectivity index (χ4n) is 1.16. The SMILES string of the molecule is N=C(N)c1cc(F)c(Sc2nccs2)c(F)c1. The number of amidine groups is 1. The molecule has 1 aromatic heterocycles. The highest BCUT2D eigenvalue weighted by Gasteiger charge is 2.14. The fourth-order valence-corrected chi connectivity index (χ4v) is 2.73. The Bertz CT molecular complexity index is 532. The highest BCUT2D eigenvalue weighted by atomic mass is 32.2. The summed E-state index contributed by atoms with van der Waals surface area (Å²) in [5.41, 5.74) is 5.20. The van der Waals surface area contributed by atoms with Crippen LogP contribution in [-0.2, 0) is 0 Å². The first-order chi connectivity index (χ1) is 8.08. The number of aromatic nitrogens is 1. The molecule has 0 fully saturated rings. The molecule has 0 atom stereocenters. The molecule has 17 heavy (non-hydrogen) atoms. The summed E-state index contributed by atoms with van der Waals surface area (Å²) in [5.74, 6) is -1.85. The zero-order chi connectivity index (χ0) is 12.4. The molecule has 0 radical (unpaired) electrons.